The van der Waals surface area contributed by atoms with Crippen LogP contribution in [0.15, 0.2) is 22.7 Å². The Labute approximate surface area is 103 Å². The topological polar surface area (TPSA) is 12.0 Å². The second-order valence-electron chi connectivity index (χ2n) is 3.23. The molecule has 1 unspecified atom stereocenters. The van der Waals surface area contributed by atoms with Crippen LogP contribution in [0, 0.1) is 5.82 Å². The quantitative estimate of drug-likeness (QED) is 0.890. The van der Waals surface area contributed by atoms with Gasteiger partial charge in [-0.3, -0.25) is 0 Å². The van der Waals surface area contributed by atoms with Gasteiger partial charge < -0.3 is 5.32 Å². The molecule has 1 aromatic carbocycles. The molecular formula is C11H15BrFNS. The van der Waals surface area contributed by atoms with E-state index < -0.39 is 0 Å². The van der Waals surface area contributed by atoms with E-state index in [0.717, 1.165) is 22.3 Å². The molecule has 1 atom stereocenters. The summed E-state index contributed by atoms with van der Waals surface area (Å²) in [5, 5.41) is 3.29. The average Bonchev–Trinajstić information content (AvgIpc) is 2.21. The van der Waals surface area contributed by atoms with Crippen LogP contribution in [0.2, 0.25) is 0 Å². The summed E-state index contributed by atoms with van der Waals surface area (Å²) < 4.78 is 14.5. The number of hydrogen-bond acceptors (Lipinski definition) is 2. The molecule has 0 radical (unpaired) electrons. The molecule has 0 bridgehead atoms. The Morgan fingerprint density at radius 3 is 2.87 bits per heavy atom. The van der Waals surface area contributed by atoms with Crippen molar-refractivity contribution in [2.24, 2.45) is 0 Å². The van der Waals surface area contributed by atoms with Gasteiger partial charge in [-0.15, -0.1) is 0 Å². The minimum absolute atomic E-state index is 0.0856. The zero-order chi connectivity index (χ0) is 11.3. The molecule has 0 aliphatic carbocycles. The molecule has 0 saturated heterocycles. The van der Waals surface area contributed by atoms with Crippen LogP contribution < -0.4 is 5.32 Å². The fourth-order valence-corrected chi connectivity index (χ4v) is 2.46. The molecule has 0 aliphatic rings. The van der Waals surface area contributed by atoms with Crippen molar-refractivity contribution in [1.82, 2.24) is 5.32 Å². The van der Waals surface area contributed by atoms with Gasteiger partial charge >= 0.3 is 0 Å². The van der Waals surface area contributed by atoms with Gasteiger partial charge in [0.25, 0.3) is 0 Å². The van der Waals surface area contributed by atoms with Crippen molar-refractivity contribution in [2.45, 2.75) is 13.0 Å². The highest BCUT2D eigenvalue weighted by Gasteiger charge is 2.14. The fourth-order valence-electron chi connectivity index (χ4n) is 1.45. The summed E-state index contributed by atoms with van der Waals surface area (Å²) in [5.74, 6) is 0.736. The number of hydrogen-bond donors (Lipinski definition) is 1. The van der Waals surface area contributed by atoms with Crippen molar-refractivity contribution in [1.29, 1.82) is 0 Å². The Kier molecular flexibility index (Phi) is 5.64. The van der Waals surface area contributed by atoms with Crippen molar-refractivity contribution in [3.63, 3.8) is 0 Å². The van der Waals surface area contributed by atoms with Gasteiger partial charge in [-0.25, -0.2) is 4.39 Å². The Hall–Kier alpha value is -0.0600. The Balaban J connectivity index is 2.93. The van der Waals surface area contributed by atoms with Crippen LogP contribution in [0.4, 0.5) is 4.39 Å². The molecule has 1 rings (SSSR count). The van der Waals surface area contributed by atoms with Crippen molar-refractivity contribution in [2.75, 3.05) is 18.6 Å². The fraction of sp³-hybridized carbons (Fsp3) is 0.455. The van der Waals surface area contributed by atoms with Gasteiger partial charge in [0.15, 0.2) is 0 Å². The number of rotatable bonds is 5. The first kappa shape index (κ1) is 13.0. The van der Waals surface area contributed by atoms with E-state index in [0.29, 0.717) is 0 Å². The molecule has 0 spiro atoms. The zero-order valence-electron chi connectivity index (χ0n) is 8.89. The molecule has 0 amide bonds. The second kappa shape index (κ2) is 6.51. The molecule has 1 N–H and O–H groups in total. The average molecular weight is 292 g/mol. The number of thioether (sulfide) groups is 1. The third-order valence-corrected chi connectivity index (χ3v) is 3.28. The number of nitrogens with one attached hydrogen (secondary N) is 1. The van der Waals surface area contributed by atoms with Crippen molar-refractivity contribution in [3.05, 3.63) is 34.1 Å². The van der Waals surface area contributed by atoms with Crippen LogP contribution in [0.5, 0.6) is 0 Å². The SMILES string of the molecule is CCNC(CSC)c1cc(Br)ccc1F. The van der Waals surface area contributed by atoms with Crippen molar-refractivity contribution < 1.29 is 4.39 Å². The van der Waals surface area contributed by atoms with E-state index in [9.17, 15) is 4.39 Å². The summed E-state index contributed by atoms with van der Waals surface area (Å²) in [6, 6.07) is 5.16. The van der Waals surface area contributed by atoms with Gasteiger partial charge in [0.2, 0.25) is 0 Å². The summed E-state index contributed by atoms with van der Waals surface area (Å²) in [4.78, 5) is 0. The number of benzene rings is 1. The molecule has 0 saturated carbocycles. The predicted octanol–water partition coefficient (Wildman–Crippen LogP) is 3.60. The van der Waals surface area contributed by atoms with Crippen LogP contribution >= 0.6 is 27.7 Å². The Bertz CT molecular complexity index is 313. The maximum Gasteiger partial charge on any atom is 0.128 e. The predicted molar refractivity (Wildman–Crippen MR) is 68.9 cm³/mol. The van der Waals surface area contributed by atoms with Gasteiger partial charge in [-0.1, -0.05) is 22.9 Å². The lowest BCUT2D eigenvalue weighted by atomic mass is 10.1. The lowest BCUT2D eigenvalue weighted by Crippen LogP contribution is -2.23. The highest BCUT2D eigenvalue weighted by atomic mass is 79.9. The summed E-state index contributed by atoms with van der Waals surface area (Å²) >= 11 is 5.08. The molecule has 0 heterocycles. The third kappa shape index (κ3) is 3.78. The molecule has 0 fully saturated rings. The minimum Gasteiger partial charge on any atom is -0.309 e. The van der Waals surface area contributed by atoms with Crippen LogP contribution in [-0.4, -0.2) is 18.6 Å². The lowest BCUT2D eigenvalue weighted by molar-refractivity contribution is 0.545. The van der Waals surface area contributed by atoms with Crippen LogP contribution in [-0.2, 0) is 0 Å². The largest absolute Gasteiger partial charge is 0.309 e. The number of halogens is 2. The van der Waals surface area contributed by atoms with Gasteiger partial charge in [0.1, 0.15) is 5.82 Å². The van der Waals surface area contributed by atoms with E-state index in [1.54, 1.807) is 17.8 Å². The highest BCUT2D eigenvalue weighted by molar-refractivity contribution is 9.10. The van der Waals surface area contributed by atoms with E-state index in [1.165, 1.54) is 6.07 Å². The van der Waals surface area contributed by atoms with Crippen LogP contribution in [0.1, 0.15) is 18.5 Å². The molecule has 0 aliphatic heterocycles. The molecule has 4 heteroatoms. The van der Waals surface area contributed by atoms with Crippen LogP contribution in [0.3, 0.4) is 0 Å². The molecule has 84 valence electrons. The third-order valence-electron chi connectivity index (χ3n) is 2.12. The summed E-state index contributed by atoms with van der Waals surface area (Å²) in [6.45, 7) is 2.88. The maximum atomic E-state index is 13.6. The standard InChI is InChI=1S/C11H15BrFNS/c1-3-14-11(7-15-2)9-6-8(12)4-5-10(9)13/h4-6,11,14H,3,7H2,1-2H3. The summed E-state index contributed by atoms with van der Waals surface area (Å²) in [6.07, 6.45) is 2.03. The van der Waals surface area contributed by atoms with E-state index in [-0.39, 0.29) is 11.9 Å². The summed E-state index contributed by atoms with van der Waals surface area (Å²) in [5.41, 5.74) is 0.737. The van der Waals surface area contributed by atoms with Gasteiger partial charge in [-0.2, -0.15) is 11.8 Å². The van der Waals surface area contributed by atoms with E-state index in [4.69, 9.17) is 0 Å². The molecule has 15 heavy (non-hydrogen) atoms. The van der Waals surface area contributed by atoms with Gasteiger partial charge in [0, 0.05) is 21.8 Å². The lowest BCUT2D eigenvalue weighted by Gasteiger charge is -2.18. The monoisotopic (exact) mass is 291 g/mol. The Morgan fingerprint density at radius 1 is 1.53 bits per heavy atom. The minimum atomic E-state index is -0.141. The van der Waals surface area contributed by atoms with E-state index >= 15 is 0 Å². The normalized spacial score (nSPS) is 12.8. The molecule has 1 aromatic rings. The highest BCUT2D eigenvalue weighted by Crippen LogP contribution is 2.23. The molecular weight excluding hydrogens is 277 g/mol. The second-order valence-corrected chi connectivity index (χ2v) is 5.06. The molecule has 0 aromatic heterocycles. The first-order chi connectivity index (χ1) is 7.19. The zero-order valence-corrected chi connectivity index (χ0v) is 11.3. The Morgan fingerprint density at radius 2 is 2.27 bits per heavy atom. The van der Waals surface area contributed by atoms with Gasteiger partial charge in [0.05, 0.1) is 0 Å². The van der Waals surface area contributed by atoms with Crippen molar-refractivity contribution in [3.8, 4) is 0 Å². The maximum absolute atomic E-state index is 13.6. The summed E-state index contributed by atoms with van der Waals surface area (Å²) in [7, 11) is 0. The first-order valence-electron chi connectivity index (χ1n) is 4.86. The van der Waals surface area contributed by atoms with Gasteiger partial charge in [-0.05, 0) is 31.0 Å². The van der Waals surface area contributed by atoms with Crippen molar-refractivity contribution >= 4 is 27.7 Å². The van der Waals surface area contributed by atoms with E-state index in [1.807, 2.05) is 19.2 Å². The van der Waals surface area contributed by atoms with Crippen LogP contribution in [0.25, 0.3) is 0 Å². The molecule has 1 nitrogen and oxygen atoms in total. The smallest absolute Gasteiger partial charge is 0.128 e. The first-order valence-corrected chi connectivity index (χ1v) is 7.05. The van der Waals surface area contributed by atoms with E-state index in [2.05, 4.69) is 21.2 Å².